The van der Waals surface area contributed by atoms with Crippen LogP contribution in [0.3, 0.4) is 0 Å². The van der Waals surface area contributed by atoms with Crippen molar-refractivity contribution >= 4 is 5.91 Å². The van der Waals surface area contributed by atoms with E-state index in [0.717, 1.165) is 38.9 Å². The highest BCUT2D eigenvalue weighted by Crippen LogP contribution is 2.21. The number of nitrogens with one attached hydrogen (secondary N) is 2. The van der Waals surface area contributed by atoms with Gasteiger partial charge in [-0.25, -0.2) is 0 Å². The van der Waals surface area contributed by atoms with Crippen molar-refractivity contribution in [1.29, 1.82) is 0 Å². The third kappa shape index (κ3) is 2.07. The molecule has 1 unspecified atom stereocenters. The number of amides is 1. The maximum atomic E-state index is 11.6. The van der Waals surface area contributed by atoms with Gasteiger partial charge in [-0.05, 0) is 26.2 Å². The van der Waals surface area contributed by atoms with Crippen LogP contribution in [0.2, 0.25) is 0 Å². The van der Waals surface area contributed by atoms with E-state index in [4.69, 9.17) is 4.74 Å². The summed E-state index contributed by atoms with van der Waals surface area (Å²) < 4.78 is 5.83. The van der Waals surface area contributed by atoms with E-state index in [1.54, 1.807) is 0 Å². The van der Waals surface area contributed by atoms with E-state index in [0.29, 0.717) is 0 Å². The van der Waals surface area contributed by atoms with Crippen molar-refractivity contribution in [3.05, 3.63) is 0 Å². The van der Waals surface area contributed by atoms with Crippen LogP contribution < -0.4 is 10.6 Å². The zero-order valence-corrected chi connectivity index (χ0v) is 8.64. The number of hydrogen-bond acceptors (Lipinski definition) is 3. The summed E-state index contributed by atoms with van der Waals surface area (Å²) in [4.78, 5) is 11.6. The fourth-order valence-corrected chi connectivity index (χ4v) is 1.93. The molecular weight excluding hydrogens is 180 g/mol. The number of rotatable bonds is 2. The second-order valence-corrected chi connectivity index (χ2v) is 4.45. The molecule has 0 aromatic heterocycles. The lowest BCUT2D eigenvalue weighted by molar-refractivity contribution is -0.152. The van der Waals surface area contributed by atoms with Crippen molar-refractivity contribution in [2.45, 2.75) is 37.9 Å². The first-order valence-electron chi connectivity index (χ1n) is 5.36. The highest BCUT2D eigenvalue weighted by Gasteiger charge is 2.37. The molecule has 0 bridgehead atoms. The monoisotopic (exact) mass is 198 g/mol. The molecule has 4 nitrogen and oxygen atoms in total. The van der Waals surface area contributed by atoms with Gasteiger partial charge in [-0.2, -0.15) is 0 Å². The predicted molar refractivity (Wildman–Crippen MR) is 53.0 cm³/mol. The molecule has 14 heavy (non-hydrogen) atoms. The third-order valence-corrected chi connectivity index (χ3v) is 2.91. The molecule has 2 saturated heterocycles. The summed E-state index contributed by atoms with van der Waals surface area (Å²) in [5, 5.41) is 6.05. The van der Waals surface area contributed by atoms with Gasteiger partial charge < -0.3 is 15.4 Å². The Balaban J connectivity index is 1.90. The molecule has 2 N–H and O–H groups in total. The summed E-state index contributed by atoms with van der Waals surface area (Å²) in [7, 11) is 0. The van der Waals surface area contributed by atoms with E-state index in [1.807, 2.05) is 0 Å². The first kappa shape index (κ1) is 9.93. The van der Waals surface area contributed by atoms with E-state index < -0.39 is 0 Å². The zero-order chi connectivity index (χ0) is 10.0. The molecule has 2 heterocycles. The lowest BCUT2D eigenvalue weighted by Gasteiger charge is -2.41. The molecule has 1 amide bonds. The molecule has 2 fully saturated rings. The average Bonchev–Trinajstić information content (AvgIpc) is 2.29. The SMILES string of the molecule is CC1(OC2CCCCNC2=O)CNC1. The molecule has 4 heteroatoms. The number of ether oxygens (including phenoxy) is 1. The molecule has 0 aromatic carbocycles. The van der Waals surface area contributed by atoms with Crippen molar-refractivity contribution in [2.24, 2.45) is 0 Å². The van der Waals surface area contributed by atoms with E-state index in [-0.39, 0.29) is 17.6 Å². The topological polar surface area (TPSA) is 50.4 Å². The Labute approximate surface area is 84.4 Å². The van der Waals surface area contributed by atoms with Crippen LogP contribution in [-0.2, 0) is 9.53 Å². The molecule has 0 aromatic rings. The molecular formula is C10H18N2O2. The quantitative estimate of drug-likeness (QED) is 0.658. The van der Waals surface area contributed by atoms with Crippen LogP contribution in [0.1, 0.15) is 26.2 Å². The van der Waals surface area contributed by atoms with E-state index in [9.17, 15) is 4.79 Å². The van der Waals surface area contributed by atoms with Gasteiger partial charge in [-0.1, -0.05) is 0 Å². The van der Waals surface area contributed by atoms with Gasteiger partial charge in [0.1, 0.15) is 6.10 Å². The van der Waals surface area contributed by atoms with Crippen LogP contribution in [-0.4, -0.2) is 37.2 Å². The summed E-state index contributed by atoms with van der Waals surface area (Å²) >= 11 is 0. The van der Waals surface area contributed by atoms with Crippen LogP contribution in [0.15, 0.2) is 0 Å². The minimum Gasteiger partial charge on any atom is -0.360 e. The molecule has 2 rings (SSSR count). The average molecular weight is 198 g/mol. The van der Waals surface area contributed by atoms with E-state index in [2.05, 4.69) is 17.6 Å². The lowest BCUT2D eigenvalue weighted by Crippen LogP contribution is -2.61. The largest absolute Gasteiger partial charge is 0.360 e. The second-order valence-electron chi connectivity index (χ2n) is 4.45. The molecule has 1 atom stereocenters. The Hall–Kier alpha value is -0.610. The number of hydrogen-bond donors (Lipinski definition) is 2. The molecule has 0 spiro atoms. The number of carbonyl (C=O) groups is 1. The summed E-state index contributed by atoms with van der Waals surface area (Å²) in [5.74, 6) is 0.0654. The molecule has 0 saturated carbocycles. The summed E-state index contributed by atoms with van der Waals surface area (Å²) in [6.07, 6.45) is 2.78. The Morgan fingerprint density at radius 3 is 2.86 bits per heavy atom. The highest BCUT2D eigenvalue weighted by atomic mass is 16.5. The molecule has 2 aliphatic heterocycles. The van der Waals surface area contributed by atoms with Crippen LogP contribution in [0.25, 0.3) is 0 Å². The molecule has 2 aliphatic rings. The van der Waals surface area contributed by atoms with Crippen molar-refractivity contribution in [3.63, 3.8) is 0 Å². The lowest BCUT2D eigenvalue weighted by atomic mass is 9.99. The molecule has 0 aliphatic carbocycles. The first-order valence-corrected chi connectivity index (χ1v) is 5.36. The fraction of sp³-hybridized carbons (Fsp3) is 0.900. The Morgan fingerprint density at radius 2 is 2.21 bits per heavy atom. The van der Waals surface area contributed by atoms with E-state index >= 15 is 0 Å². The Morgan fingerprint density at radius 1 is 1.43 bits per heavy atom. The molecule has 80 valence electrons. The van der Waals surface area contributed by atoms with Gasteiger partial charge in [0, 0.05) is 19.6 Å². The summed E-state index contributed by atoms with van der Waals surface area (Å²) in [6, 6.07) is 0. The van der Waals surface area contributed by atoms with Gasteiger partial charge in [0.25, 0.3) is 0 Å². The van der Waals surface area contributed by atoms with Gasteiger partial charge in [-0.3, -0.25) is 4.79 Å². The van der Waals surface area contributed by atoms with Gasteiger partial charge >= 0.3 is 0 Å². The third-order valence-electron chi connectivity index (χ3n) is 2.91. The van der Waals surface area contributed by atoms with Crippen molar-refractivity contribution in [3.8, 4) is 0 Å². The minimum atomic E-state index is -0.232. The smallest absolute Gasteiger partial charge is 0.249 e. The highest BCUT2D eigenvalue weighted by molar-refractivity contribution is 5.81. The van der Waals surface area contributed by atoms with E-state index in [1.165, 1.54) is 0 Å². The standard InChI is InChI=1S/C10H18N2O2/c1-10(6-11-7-10)14-8-4-2-3-5-12-9(8)13/h8,11H,2-7H2,1H3,(H,12,13). The number of carbonyl (C=O) groups excluding carboxylic acids is 1. The minimum absolute atomic E-state index is 0.0654. The first-order chi connectivity index (χ1) is 6.70. The molecule has 0 radical (unpaired) electrons. The van der Waals surface area contributed by atoms with Gasteiger partial charge in [0.05, 0.1) is 5.60 Å². The van der Waals surface area contributed by atoms with Gasteiger partial charge in [-0.15, -0.1) is 0 Å². The Kier molecular flexibility index (Phi) is 2.74. The van der Waals surface area contributed by atoms with Crippen LogP contribution in [0.5, 0.6) is 0 Å². The van der Waals surface area contributed by atoms with Gasteiger partial charge in [0.15, 0.2) is 0 Å². The summed E-state index contributed by atoms with van der Waals surface area (Å²) in [6.45, 7) is 4.57. The fourth-order valence-electron chi connectivity index (χ4n) is 1.93. The van der Waals surface area contributed by atoms with Crippen LogP contribution in [0, 0.1) is 0 Å². The zero-order valence-electron chi connectivity index (χ0n) is 8.64. The second kappa shape index (κ2) is 3.87. The summed E-state index contributed by atoms with van der Waals surface area (Å²) in [5.41, 5.74) is -0.119. The predicted octanol–water partition coefficient (Wildman–Crippen LogP) is 0.0336. The van der Waals surface area contributed by atoms with Crippen LogP contribution >= 0.6 is 0 Å². The van der Waals surface area contributed by atoms with Crippen molar-refractivity contribution in [1.82, 2.24) is 10.6 Å². The normalized spacial score (nSPS) is 31.5. The maximum absolute atomic E-state index is 11.6. The van der Waals surface area contributed by atoms with Gasteiger partial charge in [0.2, 0.25) is 5.91 Å². The maximum Gasteiger partial charge on any atom is 0.249 e. The van der Waals surface area contributed by atoms with Crippen molar-refractivity contribution in [2.75, 3.05) is 19.6 Å². The van der Waals surface area contributed by atoms with Crippen molar-refractivity contribution < 1.29 is 9.53 Å². The van der Waals surface area contributed by atoms with Crippen LogP contribution in [0.4, 0.5) is 0 Å². The Bertz CT molecular complexity index is 226.